The van der Waals surface area contributed by atoms with E-state index in [2.05, 4.69) is 5.16 Å². The van der Waals surface area contributed by atoms with Crippen LogP contribution in [-0.4, -0.2) is 18.8 Å². The molecule has 0 radical (unpaired) electrons. The van der Waals surface area contributed by atoms with Gasteiger partial charge in [0.15, 0.2) is 5.76 Å². The molecule has 0 aliphatic carbocycles. The van der Waals surface area contributed by atoms with E-state index in [-0.39, 0.29) is 6.61 Å². The third-order valence-corrected chi connectivity index (χ3v) is 3.26. The fourth-order valence-electron chi connectivity index (χ4n) is 1.90. The van der Waals surface area contributed by atoms with E-state index in [1.807, 2.05) is 0 Å². The second-order valence-corrected chi connectivity index (χ2v) is 5.26. The van der Waals surface area contributed by atoms with Crippen molar-refractivity contribution < 1.29 is 14.0 Å². The molecule has 7 heteroatoms. The van der Waals surface area contributed by atoms with Crippen molar-refractivity contribution in [3.05, 3.63) is 45.3 Å². The number of methoxy groups -OCH3 is 1. The summed E-state index contributed by atoms with van der Waals surface area (Å²) in [6.45, 7) is 1.09. The van der Waals surface area contributed by atoms with Crippen LogP contribution < -0.4 is 10.5 Å². The van der Waals surface area contributed by atoms with Gasteiger partial charge >= 0.3 is 0 Å². The number of hydrogen-bond donors (Lipinski definition) is 1. The molecular weight excluding hydrogens is 315 g/mol. The van der Waals surface area contributed by atoms with Gasteiger partial charge in [0.25, 0.3) is 0 Å². The van der Waals surface area contributed by atoms with Crippen molar-refractivity contribution in [2.24, 2.45) is 5.73 Å². The van der Waals surface area contributed by atoms with Crippen LogP contribution in [0.25, 0.3) is 0 Å². The number of aromatic nitrogens is 1. The summed E-state index contributed by atoms with van der Waals surface area (Å²) in [5.74, 6) is 1.21. The van der Waals surface area contributed by atoms with Gasteiger partial charge in [-0.3, -0.25) is 0 Å². The molecule has 0 bridgehead atoms. The Morgan fingerprint density at radius 1 is 1.24 bits per heavy atom. The van der Waals surface area contributed by atoms with Crippen molar-refractivity contribution in [2.45, 2.75) is 19.6 Å². The SMILES string of the molecule is COCc1cc(COc2c(Cl)cc(Cl)cc2CCN)no1. The van der Waals surface area contributed by atoms with Gasteiger partial charge in [-0.1, -0.05) is 28.4 Å². The minimum absolute atomic E-state index is 0.242. The first-order valence-corrected chi connectivity index (χ1v) is 7.13. The number of ether oxygens (including phenoxy) is 2. The number of hydrogen-bond acceptors (Lipinski definition) is 5. The quantitative estimate of drug-likeness (QED) is 0.844. The average molecular weight is 331 g/mol. The van der Waals surface area contributed by atoms with Crippen LogP contribution in [0.4, 0.5) is 0 Å². The number of halogens is 2. The molecule has 0 amide bonds. The van der Waals surface area contributed by atoms with Crippen molar-refractivity contribution in [3.63, 3.8) is 0 Å². The summed E-state index contributed by atoms with van der Waals surface area (Å²) in [6.07, 6.45) is 0.628. The highest BCUT2D eigenvalue weighted by Gasteiger charge is 2.12. The summed E-state index contributed by atoms with van der Waals surface area (Å²) in [6, 6.07) is 5.21. The van der Waals surface area contributed by atoms with Gasteiger partial charge in [-0.2, -0.15) is 0 Å². The molecule has 5 nitrogen and oxygen atoms in total. The molecule has 0 unspecified atom stereocenters. The summed E-state index contributed by atoms with van der Waals surface area (Å²) in [5.41, 5.74) is 7.12. The van der Waals surface area contributed by atoms with E-state index in [1.165, 1.54) is 0 Å². The lowest BCUT2D eigenvalue weighted by Crippen LogP contribution is -2.06. The summed E-state index contributed by atoms with van der Waals surface area (Å²) < 4.78 is 15.8. The van der Waals surface area contributed by atoms with Gasteiger partial charge in [-0.05, 0) is 30.7 Å². The minimum atomic E-state index is 0.242. The van der Waals surface area contributed by atoms with Crippen molar-refractivity contribution in [2.75, 3.05) is 13.7 Å². The van der Waals surface area contributed by atoms with Crippen LogP contribution in [-0.2, 0) is 24.4 Å². The van der Waals surface area contributed by atoms with E-state index in [1.54, 1.807) is 25.3 Å². The molecule has 0 aliphatic heterocycles. The first kappa shape index (κ1) is 16.1. The minimum Gasteiger partial charge on any atom is -0.485 e. The zero-order chi connectivity index (χ0) is 15.2. The smallest absolute Gasteiger partial charge is 0.162 e. The van der Waals surface area contributed by atoms with Crippen molar-refractivity contribution >= 4 is 23.2 Å². The molecule has 0 fully saturated rings. The largest absolute Gasteiger partial charge is 0.485 e. The molecule has 114 valence electrons. The molecule has 0 aliphatic rings. The maximum atomic E-state index is 6.18. The molecule has 2 aromatic rings. The number of nitrogens with two attached hydrogens (primary N) is 1. The fourth-order valence-corrected chi connectivity index (χ4v) is 2.49. The van der Waals surface area contributed by atoms with Crippen LogP contribution in [0.1, 0.15) is 17.0 Å². The van der Waals surface area contributed by atoms with E-state index < -0.39 is 0 Å². The molecule has 21 heavy (non-hydrogen) atoms. The molecule has 2 N–H and O–H groups in total. The Bertz CT molecular complexity index is 602. The Morgan fingerprint density at radius 2 is 2.05 bits per heavy atom. The predicted molar refractivity (Wildman–Crippen MR) is 80.8 cm³/mol. The highest BCUT2D eigenvalue weighted by Crippen LogP contribution is 2.33. The maximum Gasteiger partial charge on any atom is 0.162 e. The molecule has 0 spiro atoms. The number of nitrogens with zero attached hydrogens (tertiary/aromatic N) is 1. The molecule has 0 saturated heterocycles. The van der Waals surface area contributed by atoms with Crippen LogP contribution >= 0.6 is 23.2 Å². The van der Waals surface area contributed by atoms with E-state index in [0.29, 0.717) is 46.8 Å². The molecular formula is C14H16Cl2N2O3. The molecule has 0 saturated carbocycles. The highest BCUT2D eigenvalue weighted by molar-refractivity contribution is 6.35. The maximum absolute atomic E-state index is 6.18. The van der Waals surface area contributed by atoms with Gasteiger partial charge in [-0.25, -0.2) is 0 Å². The summed E-state index contributed by atoms with van der Waals surface area (Å²) in [5, 5.41) is 4.90. The van der Waals surface area contributed by atoms with Crippen LogP contribution in [0.3, 0.4) is 0 Å². The van der Waals surface area contributed by atoms with Crippen LogP contribution in [0.15, 0.2) is 22.7 Å². The zero-order valence-corrected chi connectivity index (χ0v) is 13.1. The van der Waals surface area contributed by atoms with Gasteiger partial charge < -0.3 is 19.7 Å². The van der Waals surface area contributed by atoms with E-state index >= 15 is 0 Å². The molecule has 1 heterocycles. The number of rotatable bonds is 7. The lowest BCUT2D eigenvalue weighted by Gasteiger charge is -2.12. The monoisotopic (exact) mass is 330 g/mol. The van der Waals surface area contributed by atoms with E-state index in [9.17, 15) is 0 Å². The van der Waals surface area contributed by atoms with Gasteiger partial charge in [0.1, 0.15) is 24.7 Å². The first-order chi connectivity index (χ1) is 10.1. The molecule has 1 aromatic heterocycles. The van der Waals surface area contributed by atoms with Crippen LogP contribution in [0, 0.1) is 0 Å². The lowest BCUT2D eigenvalue weighted by atomic mass is 10.1. The zero-order valence-electron chi connectivity index (χ0n) is 11.6. The standard InChI is InChI=1S/C14H16Cl2N2O3/c1-19-8-12-6-11(18-21-12)7-20-14-9(2-3-17)4-10(15)5-13(14)16/h4-6H,2-3,7-8,17H2,1H3. The van der Waals surface area contributed by atoms with Gasteiger partial charge in [0.05, 0.1) is 5.02 Å². The fraction of sp³-hybridized carbons (Fsp3) is 0.357. The summed E-state index contributed by atoms with van der Waals surface area (Å²) >= 11 is 12.2. The Hall–Kier alpha value is -1.27. The Labute approximate surface area is 132 Å². The second kappa shape index (κ2) is 7.66. The van der Waals surface area contributed by atoms with Crippen LogP contribution in [0.2, 0.25) is 10.0 Å². The summed E-state index contributed by atoms with van der Waals surface area (Å²) in [7, 11) is 1.59. The summed E-state index contributed by atoms with van der Waals surface area (Å²) in [4.78, 5) is 0. The normalized spacial score (nSPS) is 10.9. The third kappa shape index (κ3) is 4.35. The van der Waals surface area contributed by atoms with Crippen molar-refractivity contribution in [3.8, 4) is 5.75 Å². The van der Waals surface area contributed by atoms with Gasteiger partial charge in [0.2, 0.25) is 0 Å². The highest BCUT2D eigenvalue weighted by atomic mass is 35.5. The molecule has 2 rings (SSSR count). The Balaban J connectivity index is 2.11. The Morgan fingerprint density at radius 3 is 2.76 bits per heavy atom. The Kier molecular flexibility index (Phi) is 5.87. The van der Waals surface area contributed by atoms with E-state index in [0.717, 1.165) is 5.56 Å². The third-order valence-electron chi connectivity index (χ3n) is 2.76. The van der Waals surface area contributed by atoms with E-state index in [4.69, 9.17) is 42.9 Å². The van der Waals surface area contributed by atoms with Crippen molar-refractivity contribution in [1.82, 2.24) is 5.16 Å². The second-order valence-electron chi connectivity index (χ2n) is 4.42. The average Bonchev–Trinajstić information content (AvgIpc) is 2.86. The van der Waals surface area contributed by atoms with Crippen LogP contribution in [0.5, 0.6) is 5.75 Å². The lowest BCUT2D eigenvalue weighted by molar-refractivity contribution is 0.155. The van der Waals surface area contributed by atoms with Crippen molar-refractivity contribution in [1.29, 1.82) is 0 Å². The topological polar surface area (TPSA) is 70.5 Å². The molecule has 1 aromatic carbocycles. The predicted octanol–water partition coefficient (Wildman–Crippen LogP) is 3.21. The molecule has 0 atom stereocenters. The van der Waals surface area contributed by atoms with Gasteiger partial charge in [-0.15, -0.1) is 0 Å². The van der Waals surface area contributed by atoms with Gasteiger partial charge in [0, 0.05) is 18.2 Å². The first-order valence-electron chi connectivity index (χ1n) is 6.38. The number of benzene rings is 1.